The Balaban J connectivity index is 1.94. The molecule has 8 heteroatoms. The third-order valence-corrected chi connectivity index (χ3v) is 8.05. The van der Waals surface area contributed by atoms with Gasteiger partial charge in [-0.25, -0.2) is 0 Å². The Morgan fingerprint density at radius 1 is 0.947 bits per heavy atom. The van der Waals surface area contributed by atoms with Gasteiger partial charge in [0.15, 0.2) is 6.61 Å². The average Bonchev–Trinajstić information content (AvgIpc) is 2.89. The summed E-state index contributed by atoms with van der Waals surface area (Å²) in [7, 11) is 0. The Bertz CT molecular complexity index is 1240. The molecule has 0 aliphatic carbocycles. The number of ether oxygens (including phenoxy) is 1. The Kier molecular flexibility index (Phi) is 11.1. The standard InChI is InChI=1S/C30H33BrCl2N2O3/c1-19(2)16-34-30(37)27(15-22-8-6-5-7-9-22)35(17-23-10-11-25(32)26(33)14-23)28(36)18-38-24-12-20(3)29(31)21(4)13-24/h5-14,19,27H,15-18H2,1-4H3,(H,34,37). The second-order valence-electron chi connectivity index (χ2n) is 9.77. The number of carbonyl (C=O) groups is 2. The summed E-state index contributed by atoms with van der Waals surface area (Å²) in [5.41, 5.74) is 3.73. The lowest BCUT2D eigenvalue weighted by atomic mass is 10.0. The quantitative estimate of drug-likeness (QED) is 0.248. The number of hydrogen-bond acceptors (Lipinski definition) is 3. The van der Waals surface area contributed by atoms with Gasteiger partial charge in [0.05, 0.1) is 10.0 Å². The van der Waals surface area contributed by atoms with E-state index in [4.69, 9.17) is 27.9 Å². The highest BCUT2D eigenvalue weighted by Crippen LogP contribution is 2.27. The van der Waals surface area contributed by atoms with Crippen molar-refractivity contribution in [2.24, 2.45) is 5.92 Å². The third kappa shape index (κ3) is 8.48. The molecule has 3 aromatic rings. The summed E-state index contributed by atoms with van der Waals surface area (Å²) < 4.78 is 6.94. The van der Waals surface area contributed by atoms with Gasteiger partial charge in [-0.3, -0.25) is 9.59 Å². The molecule has 2 amide bonds. The van der Waals surface area contributed by atoms with Crippen LogP contribution in [0.5, 0.6) is 5.75 Å². The maximum atomic E-state index is 13.7. The molecule has 0 fully saturated rings. The fourth-order valence-corrected chi connectivity index (χ4v) is 4.58. The van der Waals surface area contributed by atoms with E-state index < -0.39 is 6.04 Å². The maximum Gasteiger partial charge on any atom is 0.261 e. The maximum absolute atomic E-state index is 13.7. The first-order valence-electron chi connectivity index (χ1n) is 12.5. The summed E-state index contributed by atoms with van der Waals surface area (Å²) in [5.74, 6) is 0.332. The Morgan fingerprint density at radius 3 is 2.21 bits per heavy atom. The van der Waals surface area contributed by atoms with Crippen LogP contribution in [-0.4, -0.2) is 35.9 Å². The molecule has 0 bridgehead atoms. The first kappa shape index (κ1) is 30.0. The number of nitrogens with one attached hydrogen (secondary N) is 1. The highest BCUT2D eigenvalue weighted by molar-refractivity contribution is 9.10. The van der Waals surface area contributed by atoms with Crippen molar-refractivity contribution in [2.75, 3.05) is 13.2 Å². The lowest BCUT2D eigenvalue weighted by Gasteiger charge is -2.32. The van der Waals surface area contributed by atoms with Crippen molar-refractivity contribution in [1.29, 1.82) is 0 Å². The molecule has 1 N–H and O–H groups in total. The van der Waals surface area contributed by atoms with Crippen LogP contribution in [0.4, 0.5) is 0 Å². The predicted molar refractivity (Wildman–Crippen MR) is 158 cm³/mol. The van der Waals surface area contributed by atoms with Crippen molar-refractivity contribution in [2.45, 2.75) is 46.7 Å². The van der Waals surface area contributed by atoms with Gasteiger partial charge in [0.2, 0.25) is 5.91 Å². The van der Waals surface area contributed by atoms with Crippen molar-refractivity contribution in [3.8, 4) is 5.75 Å². The lowest BCUT2D eigenvalue weighted by molar-refractivity contribution is -0.142. The number of benzene rings is 3. The molecule has 202 valence electrons. The predicted octanol–water partition coefficient (Wildman–Crippen LogP) is 7.16. The highest BCUT2D eigenvalue weighted by atomic mass is 79.9. The minimum Gasteiger partial charge on any atom is -0.484 e. The number of halogens is 3. The van der Waals surface area contributed by atoms with Gasteiger partial charge in [-0.1, -0.05) is 89.4 Å². The van der Waals surface area contributed by atoms with Crippen LogP contribution in [0.1, 0.15) is 36.1 Å². The minimum absolute atomic E-state index is 0.171. The molecule has 0 spiro atoms. The topological polar surface area (TPSA) is 58.6 Å². The van der Waals surface area contributed by atoms with E-state index in [2.05, 4.69) is 21.2 Å². The monoisotopic (exact) mass is 618 g/mol. The summed E-state index contributed by atoms with van der Waals surface area (Å²) in [5, 5.41) is 3.82. The van der Waals surface area contributed by atoms with Crippen molar-refractivity contribution in [1.82, 2.24) is 10.2 Å². The van der Waals surface area contributed by atoms with Gasteiger partial charge in [-0.05, 0) is 66.3 Å². The Labute approximate surface area is 243 Å². The van der Waals surface area contributed by atoms with Gasteiger partial charge in [-0.15, -0.1) is 0 Å². The molecule has 0 aliphatic rings. The van der Waals surface area contributed by atoms with Gasteiger partial charge in [0.25, 0.3) is 5.91 Å². The van der Waals surface area contributed by atoms with Crippen molar-refractivity contribution < 1.29 is 14.3 Å². The lowest BCUT2D eigenvalue weighted by Crippen LogP contribution is -2.52. The molecular weight excluding hydrogens is 587 g/mol. The molecule has 0 aliphatic heterocycles. The third-order valence-electron chi connectivity index (χ3n) is 6.06. The van der Waals surface area contributed by atoms with Crippen LogP contribution in [0.3, 0.4) is 0 Å². The molecule has 0 radical (unpaired) electrons. The van der Waals surface area contributed by atoms with Gasteiger partial charge in [0, 0.05) is 24.0 Å². The molecule has 38 heavy (non-hydrogen) atoms. The first-order chi connectivity index (χ1) is 18.0. The second kappa shape index (κ2) is 14.0. The molecule has 3 rings (SSSR count). The zero-order valence-electron chi connectivity index (χ0n) is 22.1. The molecule has 5 nitrogen and oxygen atoms in total. The molecule has 0 saturated carbocycles. The number of nitrogens with zero attached hydrogens (tertiary/aromatic N) is 1. The van der Waals surface area contributed by atoms with Crippen LogP contribution in [-0.2, 0) is 22.6 Å². The zero-order chi connectivity index (χ0) is 27.8. The second-order valence-corrected chi connectivity index (χ2v) is 11.4. The average molecular weight is 620 g/mol. The number of hydrogen-bond donors (Lipinski definition) is 1. The van der Waals surface area contributed by atoms with E-state index in [-0.39, 0.29) is 30.9 Å². The number of rotatable bonds is 11. The van der Waals surface area contributed by atoms with E-state index in [1.54, 1.807) is 17.0 Å². The van der Waals surface area contributed by atoms with Crippen LogP contribution >= 0.6 is 39.1 Å². The van der Waals surface area contributed by atoms with Crippen molar-refractivity contribution >= 4 is 50.9 Å². The van der Waals surface area contributed by atoms with E-state index in [0.29, 0.717) is 28.8 Å². The molecule has 0 saturated heterocycles. The van der Waals surface area contributed by atoms with Crippen molar-refractivity contribution in [3.05, 3.63) is 97.4 Å². The number of carbonyl (C=O) groups excluding carboxylic acids is 2. The fourth-order valence-electron chi connectivity index (χ4n) is 4.03. The van der Waals surface area contributed by atoms with E-state index in [1.807, 2.05) is 76.2 Å². The van der Waals surface area contributed by atoms with E-state index in [0.717, 1.165) is 26.7 Å². The summed E-state index contributed by atoms with van der Waals surface area (Å²) >= 11 is 16.0. The number of aryl methyl sites for hydroxylation is 2. The van der Waals surface area contributed by atoms with Crippen LogP contribution < -0.4 is 10.1 Å². The SMILES string of the molecule is Cc1cc(OCC(=O)N(Cc2ccc(Cl)c(Cl)c2)C(Cc2ccccc2)C(=O)NCC(C)C)cc(C)c1Br. The largest absolute Gasteiger partial charge is 0.484 e. The minimum atomic E-state index is -0.755. The summed E-state index contributed by atoms with van der Waals surface area (Å²) in [6.45, 7) is 8.46. The molecule has 1 atom stereocenters. The zero-order valence-corrected chi connectivity index (χ0v) is 25.2. The fraction of sp³-hybridized carbons (Fsp3) is 0.333. The van der Waals surface area contributed by atoms with Gasteiger partial charge in [-0.2, -0.15) is 0 Å². The van der Waals surface area contributed by atoms with Crippen molar-refractivity contribution in [3.63, 3.8) is 0 Å². The highest BCUT2D eigenvalue weighted by Gasteiger charge is 2.31. The molecule has 0 heterocycles. The van der Waals surface area contributed by atoms with E-state index in [1.165, 1.54) is 0 Å². The van der Waals surface area contributed by atoms with Crippen LogP contribution in [0.25, 0.3) is 0 Å². The Hall–Kier alpha value is -2.54. The Morgan fingerprint density at radius 2 is 1.61 bits per heavy atom. The van der Waals surface area contributed by atoms with E-state index >= 15 is 0 Å². The van der Waals surface area contributed by atoms with Gasteiger partial charge < -0.3 is 15.0 Å². The van der Waals surface area contributed by atoms with Gasteiger partial charge in [0.1, 0.15) is 11.8 Å². The first-order valence-corrected chi connectivity index (χ1v) is 14.0. The summed E-state index contributed by atoms with van der Waals surface area (Å²) in [4.78, 5) is 28.8. The number of amides is 2. The summed E-state index contributed by atoms with van der Waals surface area (Å²) in [6.07, 6.45) is 0.355. The summed E-state index contributed by atoms with van der Waals surface area (Å²) in [6, 6.07) is 17.9. The van der Waals surface area contributed by atoms with E-state index in [9.17, 15) is 9.59 Å². The van der Waals surface area contributed by atoms with Crippen LogP contribution in [0.2, 0.25) is 10.0 Å². The van der Waals surface area contributed by atoms with Crippen LogP contribution in [0.15, 0.2) is 65.1 Å². The normalized spacial score (nSPS) is 11.8. The molecule has 3 aromatic carbocycles. The molecular formula is C30H33BrCl2N2O3. The molecule has 0 aromatic heterocycles. The van der Waals surface area contributed by atoms with Gasteiger partial charge >= 0.3 is 0 Å². The molecule has 1 unspecified atom stereocenters. The van der Waals surface area contributed by atoms with Crippen LogP contribution in [0, 0.1) is 19.8 Å². The smallest absolute Gasteiger partial charge is 0.261 e.